The Kier molecular flexibility index (Phi) is 7.55. The van der Waals surface area contributed by atoms with Crippen molar-refractivity contribution in [1.82, 2.24) is 15.2 Å². The van der Waals surface area contributed by atoms with Crippen LogP contribution >= 0.6 is 0 Å². The number of amides is 2. The molecule has 164 valence electrons. The Bertz CT molecular complexity index is 812. The van der Waals surface area contributed by atoms with Crippen LogP contribution in [0.2, 0.25) is 0 Å². The maximum absolute atomic E-state index is 13.1. The summed E-state index contributed by atoms with van der Waals surface area (Å²) in [6, 6.07) is 7.34. The van der Waals surface area contributed by atoms with Gasteiger partial charge in [0.25, 0.3) is 11.8 Å². The average Bonchev–Trinajstić information content (AvgIpc) is 2.64. The second-order valence-electron chi connectivity index (χ2n) is 8.46. The van der Waals surface area contributed by atoms with Crippen LogP contribution in [0.1, 0.15) is 26.3 Å². The molecular formula is C21H31N5O4. The van der Waals surface area contributed by atoms with Gasteiger partial charge in [0.05, 0.1) is 5.69 Å². The number of nitrogens with one attached hydrogen (secondary N) is 1. The van der Waals surface area contributed by atoms with Gasteiger partial charge >= 0.3 is 5.97 Å². The Hall–Kier alpha value is -2.94. The summed E-state index contributed by atoms with van der Waals surface area (Å²) in [7, 11) is 3.76. The highest BCUT2D eigenvalue weighted by Gasteiger charge is 2.30. The first-order valence-corrected chi connectivity index (χ1v) is 9.83. The van der Waals surface area contributed by atoms with Crippen molar-refractivity contribution in [3.8, 4) is 0 Å². The second kappa shape index (κ2) is 9.71. The third-order valence-corrected chi connectivity index (χ3v) is 4.18. The first kappa shape index (κ1) is 23.3. The van der Waals surface area contributed by atoms with E-state index in [2.05, 4.69) is 10.4 Å². The number of carbonyl (C=O) groups is 3. The van der Waals surface area contributed by atoms with Crippen molar-refractivity contribution in [2.75, 3.05) is 45.3 Å². The number of amidine groups is 1. The number of hydrogen-bond acceptors (Lipinski definition) is 7. The SMILES string of the molecule is Cc1ccc(N2NC(C(=O)N(CCN(C)C)CC(=O)OC(C)(C)C)=NCC2=O)cc1. The molecule has 0 saturated heterocycles. The molecule has 9 nitrogen and oxygen atoms in total. The molecule has 2 amide bonds. The predicted molar refractivity (Wildman–Crippen MR) is 115 cm³/mol. The quantitative estimate of drug-likeness (QED) is 0.665. The van der Waals surface area contributed by atoms with Gasteiger partial charge in [-0.2, -0.15) is 0 Å². The smallest absolute Gasteiger partial charge is 0.326 e. The lowest BCUT2D eigenvalue weighted by atomic mass is 10.2. The highest BCUT2D eigenvalue weighted by molar-refractivity contribution is 6.39. The number of hydrazine groups is 1. The minimum Gasteiger partial charge on any atom is -0.459 e. The molecule has 1 aliphatic heterocycles. The van der Waals surface area contributed by atoms with Crippen molar-refractivity contribution in [2.24, 2.45) is 4.99 Å². The standard InChI is InChI=1S/C21H31N5O4/c1-15-7-9-16(10-8-15)26-17(27)13-22-19(23-26)20(29)25(12-11-24(5)6)14-18(28)30-21(2,3)4/h7-10H,11-14H2,1-6H3,(H,22,23). The summed E-state index contributed by atoms with van der Waals surface area (Å²) in [4.78, 5) is 45.1. The van der Waals surface area contributed by atoms with E-state index in [1.54, 1.807) is 32.9 Å². The van der Waals surface area contributed by atoms with E-state index < -0.39 is 17.5 Å². The van der Waals surface area contributed by atoms with Crippen LogP contribution < -0.4 is 10.4 Å². The van der Waals surface area contributed by atoms with Crippen molar-refractivity contribution in [1.29, 1.82) is 0 Å². The molecule has 0 bridgehead atoms. The van der Waals surface area contributed by atoms with Crippen LogP contribution in [0.4, 0.5) is 5.69 Å². The van der Waals surface area contributed by atoms with Gasteiger partial charge < -0.3 is 14.5 Å². The molecular weight excluding hydrogens is 386 g/mol. The van der Waals surface area contributed by atoms with Crippen molar-refractivity contribution in [2.45, 2.75) is 33.3 Å². The summed E-state index contributed by atoms with van der Waals surface area (Å²) in [5.41, 5.74) is 3.82. The first-order chi connectivity index (χ1) is 14.0. The van der Waals surface area contributed by atoms with Crippen molar-refractivity contribution in [3.63, 3.8) is 0 Å². The Balaban J connectivity index is 2.17. The van der Waals surface area contributed by atoms with Crippen molar-refractivity contribution >= 4 is 29.3 Å². The van der Waals surface area contributed by atoms with Crippen molar-refractivity contribution < 1.29 is 19.1 Å². The van der Waals surface area contributed by atoms with Crippen LogP contribution in [0.3, 0.4) is 0 Å². The van der Waals surface area contributed by atoms with Crippen LogP contribution in [-0.4, -0.2) is 79.3 Å². The third-order valence-electron chi connectivity index (χ3n) is 4.18. The minimum absolute atomic E-state index is 0.0116. The van der Waals surface area contributed by atoms with Crippen LogP contribution in [0.15, 0.2) is 29.3 Å². The van der Waals surface area contributed by atoms with E-state index in [-0.39, 0.29) is 24.8 Å². The molecule has 0 unspecified atom stereocenters. The molecule has 9 heteroatoms. The number of anilines is 1. The molecule has 1 heterocycles. The number of carbonyl (C=O) groups excluding carboxylic acids is 3. The number of aryl methyl sites for hydroxylation is 1. The van der Waals surface area contributed by atoms with Gasteiger partial charge in [0, 0.05) is 13.1 Å². The van der Waals surface area contributed by atoms with Gasteiger partial charge in [-0.15, -0.1) is 0 Å². The fraction of sp³-hybridized carbons (Fsp3) is 0.524. The summed E-state index contributed by atoms with van der Waals surface area (Å²) in [5.74, 6) is -1.23. The molecule has 2 rings (SSSR count). The van der Waals surface area contributed by atoms with Gasteiger partial charge in [-0.1, -0.05) is 17.7 Å². The van der Waals surface area contributed by atoms with Gasteiger partial charge in [-0.3, -0.25) is 24.8 Å². The summed E-state index contributed by atoms with van der Waals surface area (Å²) in [6.45, 7) is 7.77. The highest BCUT2D eigenvalue weighted by Crippen LogP contribution is 2.15. The van der Waals surface area contributed by atoms with E-state index in [1.807, 2.05) is 38.1 Å². The normalized spacial score (nSPS) is 14.3. The van der Waals surface area contributed by atoms with Gasteiger partial charge in [0.15, 0.2) is 0 Å². The Morgan fingerprint density at radius 2 is 1.80 bits per heavy atom. The minimum atomic E-state index is -0.650. The number of likely N-dealkylation sites (N-methyl/N-ethyl adjacent to an activating group) is 1. The topological polar surface area (TPSA) is 94.6 Å². The van der Waals surface area contributed by atoms with Gasteiger partial charge in [0.2, 0.25) is 5.84 Å². The van der Waals surface area contributed by atoms with Crippen LogP contribution in [0.5, 0.6) is 0 Å². The molecule has 0 atom stereocenters. The Morgan fingerprint density at radius 1 is 1.17 bits per heavy atom. The first-order valence-electron chi connectivity index (χ1n) is 9.83. The van der Waals surface area contributed by atoms with Gasteiger partial charge in [-0.25, -0.2) is 5.01 Å². The molecule has 1 aromatic rings. The maximum Gasteiger partial charge on any atom is 0.326 e. The fourth-order valence-corrected chi connectivity index (χ4v) is 2.69. The summed E-state index contributed by atoms with van der Waals surface area (Å²) < 4.78 is 5.36. The largest absolute Gasteiger partial charge is 0.459 e. The Labute approximate surface area is 177 Å². The van der Waals surface area contributed by atoms with E-state index in [9.17, 15) is 14.4 Å². The number of hydrogen-bond donors (Lipinski definition) is 1. The summed E-state index contributed by atoms with van der Waals surface area (Å²) in [5, 5.41) is 1.30. The number of benzene rings is 1. The fourth-order valence-electron chi connectivity index (χ4n) is 2.69. The maximum atomic E-state index is 13.1. The molecule has 0 spiro atoms. The molecule has 1 N–H and O–H groups in total. The zero-order chi connectivity index (χ0) is 22.5. The van der Waals surface area contributed by atoms with E-state index in [4.69, 9.17) is 4.74 Å². The third kappa shape index (κ3) is 6.84. The molecule has 0 radical (unpaired) electrons. The van der Waals surface area contributed by atoms with E-state index in [1.165, 1.54) is 9.91 Å². The number of rotatable bonds is 7. The number of ether oxygens (including phenoxy) is 1. The Morgan fingerprint density at radius 3 is 2.37 bits per heavy atom. The number of aliphatic imine (C=N–C) groups is 1. The van der Waals surface area contributed by atoms with E-state index in [0.717, 1.165) is 5.56 Å². The molecule has 1 aliphatic rings. The van der Waals surface area contributed by atoms with Crippen LogP contribution in [0.25, 0.3) is 0 Å². The lowest BCUT2D eigenvalue weighted by molar-refractivity contribution is -0.158. The lowest BCUT2D eigenvalue weighted by Gasteiger charge is -2.31. The molecule has 0 aliphatic carbocycles. The number of esters is 1. The zero-order valence-electron chi connectivity index (χ0n) is 18.6. The molecule has 0 saturated carbocycles. The van der Waals surface area contributed by atoms with Gasteiger partial charge in [0.1, 0.15) is 18.7 Å². The molecule has 0 aromatic heterocycles. The molecule has 0 fully saturated rings. The van der Waals surface area contributed by atoms with E-state index >= 15 is 0 Å². The predicted octanol–water partition coefficient (Wildman–Crippen LogP) is 0.977. The second-order valence-corrected chi connectivity index (χ2v) is 8.46. The average molecular weight is 418 g/mol. The van der Waals surface area contributed by atoms with Crippen molar-refractivity contribution in [3.05, 3.63) is 29.8 Å². The van der Waals surface area contributed by atoms with Gasteiger partial charge in [-0.05, 0) is 53.9 Å². The van der Waals surface area contributed by atoms with E-state index in [0.29, 0.717) is 18.8 Å². The lowest BCUT2D eigenvalue weighted by Crippen LogP contribution is -2.57. The summed E-state index contributed by atoms with van der Waals surface area (Å²) >= 11 is 0. The zero-order valence-corrected chi connectivity index (χ0v) is 18.6. The number of nitrogens with zero attached hydrogens (tertiary/aromatic N) is 4. The highest BCUT2D eigenvalue weighted by atomic mass is 16.6. The van der Waals surface area contributed by atoms with Crippen LogP contribution in [0, 0.1) is 6.92 Å². The molecule has 1 aromatic carbocycles. The monoisotopic (exact) mass is 417 g/mol. The summed E-state index contributed by atoms with van der Waals surface area (Å²) in [6.07, 6.45) is 0. The molecule has 30 heavy (non-hydrogen) atoms. The van der Waals surface area contributed by atoms with Crippen LogP contribution in [-0.2, 0) is 19.1 Å².